The maximum atomic E-state index is 12.6. The molecule has 0 fully saturated rings. The van der Waals surface area contributed by atoms with Gasteiger partial charge >= 0.3 is 36.4 Å². The number of nitrogens with two attached hydrogens (primary N) is 1. The third-order valence-electron chi connectivity index (χ3n) is 5.34. The van der Waals surface area contributed by atoms with Gasteiger partial charge in [-0.15, -0.1) is 0 Å². The average Bonchev–Trinajstić information content (AvgIpc) is 3.00. The van der Waals surface area contributed by atoms with Crippen molar-refractivity contribution in [3.8, 4) is 5.75 Å². The molecule has 14 nitrogen and oxygen atoms in total. The fourth-order valence-electron chi connectivity index (χ4n) is 2.93. The molecule has 0 radical (unpaired) electrons. The second-order valence-corrected chi connectivity index (χ2v) is 9.74. The number of unbranched alkanes of at least 4 members (excludes halogenated alkanes) is 1. The highest BCUT2D eigenvalue weighted by Gasteiger charge is 2.39. The van der Waals surface area contributed by atoms with Gasteiger partial charge in [0.15, 0.2) is 0 Å². The van der Waals surface area contributed by atoms with Crippen LogP contribution in [-0.4, -0.2) is 108 Å². The van der Waals surface area contributed by atoms with Gasteiger partial charge in [-0.3, -0.25) is 9.59 Å². The fourth-order valence-corrected chi connectivity index (χ4v) is 2.93. The summed E-state index contributed by atoms with van der Waals surface area (Å²) in [5.74, 6) is -8.55. The van der Waals surface area contributed by atoms with Gasteiger partial charge in [0, 0.05) is 13.0 Å². The van der Waals surface area contributed by atoms with Crippen molar-refractivity contribution in [3.63, 3.8) is 0 Å². The van der Waals surface area contributed by atoms with Gasteiger partial charge in [-0.05, 0) is 82.5 Å². The molecule has 0 aliphatic carbocycles. The smallest absolute Gasteiger partial charge is 0.490 e. The number of phenolic OH excluding ortho intramolecular Hbond substituents is 1. The Morgan fingerprint density at radius 2 is 1.04 bits per heavy atom. The van der Waals surface area contributed by atoms with Crippen LogP contribution in [0, 0.1) is 0 Å². The lowest BCUT2D eigenvalue weighted by Gasteiger charge is -2.19. The maximum absolute atomic E-state index is 12.6. The predicted octanol–water partition coefficient (Wildman–Crippen LogP) is 3.06. The number of amides is 2. The van der Waals surface area contributed by atoms with Crippen molar-refractivity contribution in [2.75, 3.05) is 39.3 Å². The van der Waals surface area contributed by atoms with Crippen LogP contribution in [0.1, 0.15) is 57.1 Å². The number of carbonyl (C=O) groups is 5. The molecule has 1 aromatic rings. The minimum atomic E-state index is -5.08. The molecule has 296 valence electrons. The summed E-state index contributed by atoms with van der Waals surface area (Å²) in [7, 11) is 0. The molecule has 0 bridgehead atoms. The molecular formula is C28H42F9N5O9. The molecule has 0 aromatic heterocycles. The van der Waals surface area contributed by atoms with E-state index in [1.54, 1.807) is 12.1 Å². The Hall–Kier alpha value is -4.38. The second-order valence-electron chi connectivity index (χ2n) is 9.74. The number of halogens is 9. The van der Waals surface area contributed by atoms with Crippen molar-refractivity contribution in [3.05, 3.63) is 29.8 Å². The summed E-state index contributed by atoms with van der Waals surface area (Å²) in [5, 5.41) is 43.3. The Morgan fingerprint density at radius 1 is 0.667 bits per heavy atom. The number of hydrogen-bond donors (Lipinski definition) is 9. The molecule has 0 spiro atoms. The van der Waals surface area contributed by atoms with E-state index in [1.807, 2.05) is 6.92 Å². The van der Waals surface area contributed by atoms with Crippen molar-refractivity contribution in [1.82, 2.24) is 21.3 Å². The third-order valence-corrected chi connectivity index (χ3v) is 5.34. The molecule has 0 unspecified atom stereocenters. The van der Waals surface area contributed by atoms with E-state index in [0.717, 1.165) is 58.4 Å². The van der Waals surface area contributed by atoms with Gasteiger partial charge in [-0.1, -0.05) is 19.1 Å². The Labute approximate surface area is 285 Å². The predicted molar refractivity (Wildman–Crippen MR) is 161 cm³/mol. The van der Waals surface area contributed by atoms with Crippen molar-refractivity contribution in [2.45, 2.75) is 70.0 Å². The summed E-state index contributed by atoms with van der Waals surface area (Å²) >= 11 is 0. The van der Waals surface area contributed by atoms with Crippen LogP contribution in [0.3, 0.4) is 0 Å². The minimum absolute atomic E-state index is 0.121. The summed E-state index contributed by atoms with van der Waals surface area (Å²) in [6.45, 7) is 6.95. The van der Waals surface area contributed by atoms with Gasteiger partial charge in [-0.2, -0.15) is 39.5 Å². The fraction of sp³-hybridized carbons (Fsp3) is 0.607. The van der Waals surface area contributed by atoms with E-state index in [9.17, 15) is 54.2 Å². The first-order chi connectivity index (χ1) is 23.4. The van der Waals surface area contributed by atoms with Crippen LogP contribution in [0.25, 0.3) is 0 Å². The topological polar surface area (TPSA) is 240 Å². The Morgan fingerprint density at radius 3 is 1.39 bits per heavy atom. The van der Waals surface area contributed by atoms with Gasteiger partial charge in [-0.25, -0.2) is 14.4 Å². The Kier molecular flexibility index (Phi) is 27.4. The summed E-state index contributed by atoms with van der Waals surface area (Å²) in [5.41, 5.74) is 6.09. The average molecular weight is 764 g/mol. The van der Waals surface area contributed by atoms with Gasteiger partial charge in [0.05, 0.1) is 0 Å². The van der Waals surface area contributed by atoms with E-state index in [2.05, 4.69) is 21.3 Å². The summed E-state index contributed by atoms with van der Waals surface area (Å²) < 4.78 is 95.2. The molecule has 1 atom stereocenters. The molecule has 10 N–H and O–H groups in total. The monoisotopic (exact) mass is 763 g/mol. The standard InChI is InChI=1S/C22H39N5O3.3C2HF3O2/c1-2-7-20(29)27-21(18-8-10-19(28)11-9-18)22(30)26-17-6-16-25-14-4-3-13-24-15-5-12-23;3*3-2(4,5)1(6)7/h8-11,21,24-25,28H,2-7,12-17,23H2,1H3,(H,26,30)(H,27,29);3*(H,6,7)/t21-;;;/m1.../s1. The molecule has 2 amide bonds. The molecular weight excluding hydrogens is 721 g/mol. The first-order valence-electron chi connectivity index (χ1n) is 14.8. The zero-order valence-corrected chi connectivity index (χ0v) is 27.2. The second kappa shape index (κ2) is 27.4. The van der Waals surface area contributed by atoms with Crippen molar-refractivity contribution >= 4 is 29.7 Å². The number of carboxylic acid groups (broad SMARTS) is 3. The lowest BCUT2D eigenvalue weighted by atomic mass is 10.1. The van der Waals surface area contributed by atoms with E-state index in [1.165, 1.54) is 12.1 Å². The van der Waals surface area contributed by atoms with E-state index < -0.39 is 42.5 Å². The third kappa shape index (κ3) is 31.3. The van der Waals surface area contributed by atoms with E-state index in [-0.39, 0.29) is 17.6 Å². The number of hydrogen-bond acceptors (Lipinski definition) is 9. The summed E-state index contributed by atoms with van der Waals surface area (Å²) in [6.07, 6.45) is -10.1. The first-order valence-corrected chi connectivity index (χ1v) is 14.8. The first kappa shape index (κ1) is 51.0. The molecule has 1 rings (SSSR count). The van der Waals surface area contributed by atoms with Crippen molar-refractivity contribution in [2.24, 2.45) is 5.73 Å². The molecule has 51 heavy (non-hydrogen) atoms. The number of carbonyl (C=O) groups excluding carboxylic acids is 2. The van der Waals surface area contributed by atoms with Crippen LogP contribution in [0.2, 0.25) is 0 Å². The van der Waals surface area contributed by atoms with Gasteiger partial charge in [0.1, 0.15) is 11.8 Å². The number of aliphatic carboxylic acids is 3. The highest BCUT2D eigenvalue weighted by Crippen LogP contribution is 2.18. The number of rotatable bonds is 17. The Balaban J connectivity index is -0.000000882. The largest absolute Gasteiger partial charge is 0.508 e. The highest BCUT2D eigenvalue weighted by molar-refractivity contribution is 5.88. The van der Waals surface area contributed by atoms with Crippen LogP contribution in [0.5, 0.6) is 5.75 Å². The zero-order chi connectivity index (χ0) is 40.3. The number of phenols is 1. The van der Waals surface area contributed by atoms with Gasteiger partial charge in [0.2, 0.25) is 11.8 Å². The molecule has 0 saturated carbocycles. The van der Waals surface area contributed by atoms with Crippen LogP contribution in [-0.2, 0) is 24.0 Å². The van der Waals surface area contributed by atoms with E-state index in [0.29, 0.717) is 24.9 Å². The highest BCUT2D eigenvalue weighted by atomic mass is 19.4. The number of carboxylic acids is 3. The summed E-state index contributed by atoms with van der Waals surface area (Å²) in [4.78, 5) is 51.3. The quantitative estimate of drug-likeness (QED) is 0.0822. The molecule has 0 aliphatic rings. The number of benzene rings is 1. The van der Waals surface area contributed by atoms with Gasteiger partial charge < -0.3 is 47.4 Å². The van der Waals surface area contributed by atoms with Crippen molar-refractivity contribution in [1.29, 1.82) is 0 Å². The number of aromatic hydroxyl groups is 1. The van der Waals surface area contributed by atoms with Crippen LogP contribution >= 0.6 is 0 Å². The SMILES string of the molecule is CCCC(=O)N[C@@H](C(=O)NCCCNCCCCNCCCN)c1ccc(O)cc1.O=C(O)C(F)(F)F.O=C(O)C(F)(F)F.O=C(O)C(F)(F)F. The molecule has 0 saturated heterocycles. The molecule has 23 heteroatoms. The molecule has 1 aromatic carbocycles. The van der Waals surface area contributed by atoms with Gasteiger partial charge in [0.25, 0.3) is 0 Å². The normalized spacial score (nSPS) is 11.6. The number of nitrogens with one attached hydrogen (secondary N) is 4. The van der Waals surface area contributed by atoms with Crippen LogP contribution in [0.15, 0.2) is 24.3 Å². The lowest BCUT2D eigenvalue weighted by Crippen LogP contribution is -2.41. The molecule has 0 aliphatic heterocycles. The summed E-state index contributed by atoms with van der Waals surface area (Å²) in [6, 6.07) is 5.57. The number of alkyl halides is 9. The zero-order valence-electron chi connectivity index (χ0n) is 27.2. The van der Waals surface area contributed by atoms with Crippen LogP contribution in [0.4, 0.5) is 39.5 Å². The van der Waals surface area contributed by atoms with Crippen LogP contribution < -0.4 is 27.0 Å². The minimum Gasteiger partial charge on any atom is -0.508 e. The lowest BCUT2D eigenvalue weighted by molar-refractivity contribution is -0.193. The maximum Gasteiger partial charge on any atom is 0.490 e. The van der Waals surface area contributed by atoms with Crippen molar-refractivity contribution < 1.29 is 83.9 Å². The Bertz CT molecular complexity index is 1100. The van der Waals surface area contributed by atoms with E-state index in [4.69, 9.17) is 35.4 Å². The molecule has 0 heterocycles. The van der Waals surface area contributed by atoms with E-state index >= 15 is 0 Å².